The number of hydrogen-bond donors (Lipinski definition) is 1. The lowest BCUT2D eigenvalue weighted by Gasteiger charge is -2.11. The third-order valence-electron chi connectivity index (χ3n) is 3.35. The van der Waals surface area contributed by atoms with Crippen molar-refractivity contribution in [3.05, 3.63) is 45.0 Å². The van der Waals surface area contributed by atoms with E-state index in [2.05, 4.69) is 16.4 Å². The molecule has 0 aliphatic carbocycles. The first-order chi connectivity index (χ1) is 9.43. The number of aromatic nitrogens is 2. The standard InChI is InChI=1S/C14H14Cl2N4/c1-8-4-12(15)19-14(16)13(8)18-7-10-5-11(6-17)20(3)9(10)2/h4-5,18H,7H2,1-3H3. The minimum atomic E-state index is 0.351. The van der Waals surface area contributed by atoms with Crippen LogP contribution >= 0.6 is 23.2 Å². The Morgan fingerprint density at radius 3 is 2.60 bits per heavy atom. The molecule has 0 saturated carbocycles. The number of anilines is 1. The van der Waals surface area contributed by atoms with Crippen LogP contribution in [0.3, 0.4) is 0 Å². The van der Waals surface area contributed by atoms with Gasteiger partial charge in [-0.05, 0) is 37.1 Å². The summed E-state index contributed by atoms with van der Waals surface area (Å²) in [4.78, 5) is 4.02. The maximum absolute atomic E-state index is 9.02. The van der Waals surface area contributed by atoms with Gasteiger partial charge in [0.15, 0.2) is 5.15 Å². The van der Waals surface area contributed by atoms with E-state index in [1.807, 2.05) is 31.5 Å². The number of rotatable bonds is 3. The molecule has 0 aliphatic heterocycles. The minimum absolute atomic E-state index is 0.351. The van der Waals surface area contributed by atoms with Crippen LogP contribution in [-0.4, -0.2) is 9.55 Å². The molecule has 20 heavy (non-hydrogen) atoms. The maximum Gasteiger partial charge on any atom is 0.154 e. The molecule has 4 nitrogen and oxygen atoms in total. The third kappa shape index (κ3) is 2.74. The highest BCUT2D eigenvalue weighted by atomic mass is 35.5. The van der Waals surface area contributed by atoms with Crippen LogP contribution < -0.4 is 5.32 Å². The number of nitriles is 1. The molecule has 6 heteroatoms. The van der Waals surface area contributed by atoms with Gasteiger partial charge in [0.25, 0.3) is 0 Å². The van der Waals surface area contributed by atoms with Crippen LogP contribution in [0.4, 0.5) is 5.69 Å². The molecule has 2 aromatic rings. The molecule has 0 bridgehead atoms. The summed E-state index contributed by atoms with van der Waals surface area (Å²) < 4.78 is 1.87. The fourth-order valence-corrected chi connectivity index (χ4v) is 2.64. The zero-order valence-corrected chi connectivity index (χ0v) is 13.0. The Kier molecular flexibility index (Phi) is 4.22. The predicted molar refractivity (Wildman–Crippen MR) is 81.2 cm³/mol. The van der Waals surface area contributed by atoms with Crippen molar-refractivity contribution < 1.29 is 0 Å². The van der Waals surface area contributed by atoms with Gasteiger partial charge < -0.3 is 9.88 Å². The van der Waals surface area contributed by atoms with Crippen molar-refractivity contribution in [3.63, 3.8) is 0 Å². The first-order valence-electron chi connectivity index (χ1n) is 6.06. The smallest absolute Gasteiger partial charge is 0.154 e. The molecule has 0 atom stereocenters. The Bertz CT molecular complexity index is 675. The van der Waals surface area contributed by atoms with Gasteiger partial charge in [-0.15, -0.1) is 0 Å². The summed E-state index contributed by atoms with van der Waals surface area (Å²) in [5.74, 6) is 0. The minimum Gasteiger partial charge on any atom is -0.378 e. The summed E-state index contributed by atoms with van der Waals surface area (Å²) in [6, 6.07) is 5.79. The van der Waals surface area contributed by atoms with E-state index in [-0.39, 0.29) is 0 Å². The zero-order chi connectivity index (χ0) is 14.9. The van der Waals surface area contributed by atoms with Crippen molar-refractivity contribution in [2.24, 2.45) is 7.05 Å². The summed E-state index contributed by atoms with van der Waals surface area (Å²) in [5, 5.41) is 13.0. The number of nitrogens with zero attached hydrogens (tertiary/aromatic N) is 3. The molecular weight excluding hydrogens is 295 g/mol. The highest BCUT2D eigenvalue weighted by Gasteiger charge is 2.11. The molecule has 2 rings (SSSR count). The molecule has 0 aliphatic rings. The quantitative estimate of drug-likeness (QED) is 0.877. The van der Waals surface area contributed by atoms with Crippen molar-refractivity contribution >= 4 is 28.9 Å². The first kappa shape index (κ1) is 14.7. The van der Waals surface area contributed by atoms with Gasteiger partial charge in [-0.1, -0.05) is 23.2 Å². The van der Waals surface area contributed by atoms with E-state index >= 15 is 0 Å². The molecule has 0 fully saturated rings. The lowest BCUT2D eigenvalue weighted by Crippen LogP contribution is -2.04. The van der Waals surface area contributed by atoms with Gasteiger partial charge in [0.1, 0.15) is 16.9 Å². The maximum atomic E-state index is 9.02. The van der Waals surface area contributed by atoms with Gasteiger partial charge in [0.05, 0.1) is 5.69 Å². The van der Waals surface area contributed by atoms with Crippen LogP contribution in [-0.2, 0) is 13.6 Å². The van der Waals surface area contributed by atoms with Gasteiger partial charge in [0, 0.05) is 19.3 Å². The second-order valence-electron chi connectivity index (χ2n) is 4.59. The highest BCUT2D eigenvalue weighted by Crippen LogP contribution is 2.27. The molecular formula is C14H14Cl2N4. The van der Waals surface area contributed by atoms with Gasteiger partial charge in [0.2, 0.25) is 0 Å². The van der Waals surface area contributed by atoms with Crippen molar-refractivity contribution in [2.45, 2.75) is 20.4 Å². The Balaban J connectivity index is 2.24. The van der Waals surface area contributed by atoms with Crippen LogP contribution in [0.1, 0.15) is 22.5 Å². The largest absolute Gasteiger partial charge is 0.378 e. The Morgan fingerprint density at radius 1 is 1.35 bits per heavy atom. The van der Waals surface area contributed by atoms with Gasteiger partial charge in [-0.2, -0.15) is 5.26 Å². The van der Waals surface area contributed by atoms with Crippen molar-refractivity contribution in [2.75, 3.05) is 5.32 Å². The van der Waals surface area contributed by atoms with Crippen molar-refractivity contribution in [3.8, 4) is 6.07 Å². The van der Waals surface area contributed by atoms with E-state index in [9.17, 15) is 0 Å². The Labute approximate surface area is 128 Å². The summed E-state index contributed by atoms with van der Waals surface area (Å²) in [5.41, 5.74) is 4.43. The van der Waals surface area contributed by atoms with Crippen LogP contribution in [0.2, 0.25) is 10.3 Å². The van der Waals surface area contributed by atoms with Crippen LogP contribution in [0.25, 0.3) is 0 Å². The predicted octanol–water partition coefficient (Wildman–Crippen LogP) is 3.83. The summed E-state index contributed by atoms with van der Waals surface area (Å²) >= 11 is 11.9. The normalized spacial score (nSPS) is 10.4. The second-order valence-corrected chi connectivity index (χ2v) is 5.34. The lowest BCUT2D eigenvalue weighted by molar-refractivity contribution is 0.856. The fourth-order valence-electron chi connectivity index (χ4n) is 2.04. The molecule has 2 aromatic heterocycles. The zero-order valence-electron chi connectivity index (χ0n) is 11.5. The number of halogens is 2. The number of nitrogens with one attached hydrogen (secondary N) is 1. The molecule has 104 valence electrons. The summed E-state index contributed by atoms with van der Waals surface area (Å²) in [7, 11) is 1.87. The molecule has 1 N–H and O–H groups in total. The molecule has 2 heterocycles. The molecule has 0 aromatic carbocycles. The molecule has 0 radical (unpaired) electrons. The third-order valence-corrected chi connectivity index (χ3v) is 3.82. The monoisotopic (exact) mass is 308 g/mol. The fraction of sp³-hybridized carbons (Fsp3) is 0.286. The van der Waals surface area contributed by atoms with Crippen molar-refractivity contribution in [1.82, 2.24) is 9.55 Å². The van der Waals surface area contributed by atoms with Crippen LogP contribution in [0.15, 0.2) is 12.1 Å². The first-order valence-corrected chi connectivity index (χ1v) is 6.81. The number of hydrogen-bond acceptors (Lipinski definition) is 3. The van der Waals surface area contributed by atoms with Gasteiger partial charge in [-0.3, -0.25) is 0 Å². The molecule has 0 amide bonds. The Hall–Kier alpha value is -1.70. The second kappa shape index (κ2) is 5.74. The van der Waals surface area contributed by atoms with E-state index in [0.29, 0.717) is 22.5 Å². The molecule has 0 spiro atoms. The molecule has 0 unspecified atom stereocenters. The Morgan fingerprint density at radius 2 is 2.05 bits per heavy atom. The average Bonchev–Trinajstić information content (AvgIpc) is 2.65. The topological polar surface area (TPSA) is 53.6 Å². The van der Waals surface area contributed by atoms with Gasteiger partial charge in [-0.25, -0.2) is 4.98 Å². The van der Waals surface area contributed by atoms with Crippen LogP contribution in [0, 0.1) is 25.2 Å². The van der Waals surface area contributed by atoms with E-state index in [1.54, 1.807) is 6.07 Å². The van der Waals surface area contributed by atoms with Gasteiger partial charge >= 0.3 is 0 Å². The number of pyridine rings is 1. The van der Waals surface area contributed by atoms with E-state index < -0.39 is 0 Å². The lowest BCUT2D eigenvalue weighted by atomic mass is 10.2. The van der Waals surface area contributed by atoms with Crippen molar-refractivity contribution in [1.29, 1.82) is 5.26 Å². The van der Waals surface area contributed by atoms with E-state index in [0.717, 1.165) is 22.5 Å². The summed E-state index contributed by atoms with van der Waals surface area (Å²) in [6.07, 6.45) is 0. The highest BCUT2D eigenvalue weighted by molar-refractivity contribution is 6.34. The molecule has 0 saturated heterocycles. The SMILES string of the molecule is Cc1cc(Cl)nc(Cl)c1NCc1cc(C#N)n(C)c1C. The number of aryl methyl sites for hydroxylation is 1. The summed E-state index contributed by atoms with van der Waals surface area (Å²) in [6.45, 7) is 4.47. The van der Waals surface area contributed by atoms with Crippen LogP contribution in [0.5, 0.6) is 0 Å². The van der Waals surface area contributed by atoms with E-state index in [1.165, 1.54) is 0 Å². The van der Waals surface area contributed by atoms with E-state index in [4.69, 9.17) is 28.5 Å². The average molecular weight is 309 g/mol.